The summed E-state index contributed by atoms with van der Waals surface area (Å²) in [6.07, 6.45) is 4.46. The number of hydrogen-bond donors (Lipinski definition) is 4. The van der Waals surface area contributed by atoms with Crippen LogP contribution in [0.15, 0.2) is 41.5 Å². The summed E-state index contributed by atoms with van der Waals surface area (Å²) in [4.78, 5) is 16.9. The zero-order valence-electron chi connectivity index (χ0n) is 15.1. The lowest BCUT2D eigenvalue weighted by Gasteiger charge is -2.22. The predicted molar refractivity (Wildman–Crippen MR) is 105 cm³/mol. The number of carbonyl (C=O) groups is 1. The van der Waals surface area contributed by atoms with E-state index < -0.39 is 5.91 Å². The molecule has 3 rings (SSSR count). The maximum absolute atomic E-state index is 13.1. The Labute approximate surface area is 161 Å². The molecule has 28 heavy (non-hydrogen) atoms. The number of aromatic nitrogens is 1. The molecule has 1 aliphatic rings. The van der Waals surface area contributed by atoms with Gasteiger partial charge >= 0.3 is 0 Å². The highest BCUT2D eigenvalue weighted by Gasteiger charge is 2.31. The van der Waals surface area contributed by atoms with Gasteiger partial charge in [0.2, 0.25) is 0 Å². The van der Waals surface area contributed by atoms with Crippen molar-refractivity contribution in [3.05, 3.63) is 47.9 Å². The number of pyridine rings is 1. The Morgan fingerprint density at radius 3 is 2.82 bits per heavy atom. The summed E-state index contributed by atoms with van der Waals surface area (Å²) in [5, 5.41) is 13.7. The first-order chi connectivity index (χ1) is 13.6. The minimum absolute atomic E-state index is 0.106. The zero-order valence-corrected chi connectivity index (χ0v) is 15.1. The first-order valence-corrected chi connectivity index (χ1v) is 8.84. The predicted octanol–water partition coefficient (Wildman–Crippen LogP) is 2.58. The van der Waals surface area contributed by atoms with Gasteiger partial charge in [-0.05, 0) is 55.7 Å². The number of ether oxygens (including phenoxy) is 1. The summed E-state index contributed by atoms with van der Waals surface area (Å²) in [5.41, 5.74) is 8.88. The molecule has 1 saturated carbocycles. The highest BCUT2D eigenvalue weighted by Crippen LogP contribution is 2.26. The summed E-state index contributed by atoms with van der Waals surface area (Å²) in [5.74, 6) is 0.0248. The molecule has 2 atom stereocenters. The third kappa shape index (κ3) is 4.81. The van der Waals surface area contributed by atoms with Crippen LogP contribution in [-0.2, 0) is 0 Å². The number of hydrogen-bond acceptors (Lipinski definition) is 7. The third-order valence-electron chi connectivity index (χ3n) is 4.34. The van der Waals surface area contributed by atoms with Gasteiger partial charge in [-0.15, -0.1) is 0 Å². The van der Waals surface area contributed by atoms with Crippen molar-refractivity contribution in [1.29, 1.82) is 5.41 Å². The lowest BCUT2D eigenvalue weighted by Crippen LogP contribution is -2.43. The van der Waals surface area contributed by atoms with E-state index in [0.717, 1.165) is 25.5 Å². The van der Waals surface area contributed by atoms with E-state index in [4.69, 9.17) is 15.9 Å². The van der Waals surface area contributed by atoms with E-state index in [2.05, 4.69) is 20.8 Å². The number of amides is 1. The smallest absolute Gasteiger partial charge is 0.272 e. The van der Waals surface area contributed by atoms with Crippen LogP contribution >= 0.6 is 0 Å². The molecular weight excluding hydrogens is 363 g/mol. The Morgan fingerprint density at radius 2 is 2.07 bits per heavy atom. The second-order valence-electron chi connectivity index (χ2n) is 6.31. The van der Waals surface area contributed by atoms with Crippen LogP contribution in [0.1, 0.15) is 29.8 Å². The second-order valence-corrected chi connectivity index (χ2v) is 6.31. The fourth-order valence-corrected chi connectivity index (χ4v) is 3.04. The van der Waals surface area contributed by atoms with E-state index >= 15 is 0 Å². The van der Waals surface area contributed by atoms with Crippen molar-refractivity contribution in [2.24, 2.45) is 5.10 Å². The van der Waals surface area contributed by atoms with Crippen LogP contribution in [0.2, 0.25) is 0 Å². The van der Waals surface area contributed by atoms with E-state index in [-0.39, 0.29) is 29.5 Å². The van der Waals surface area contributed by atoms with Crippen LogP contribution < -0.4 is 21.2 Å². The maximum Gasteiger partial charge on any atom is 0.272 e. The second kappa shape index (κ2) is 8.94. The van der Waals surface area contributed by atoms with Crippen LogP contribution in [0.3, 0.4) is 0 Å². The number of anilines is 2. The number of benzene rings is 1. The molecule has 8 nitrogen and oxygen atoms in total. The normalized spacial score (nSPS) is 18.8. The van der Waals surface area contributed by atoms with Gasteiger partial charge in [0.25, 0.3) is 5.91 Å². The molecule has 0 aliphatic heterocycles. The van der Waals surface area contributed by atoms with Gasteiger partial charge in [0.1, 0.15) is 23.5 Å². The van der Waals surface area contributed by atoms with Gasteiger partial charge in [-0.2, -0.15) is 5.10 Å². The van der Waals surface area contributed by atoms with Crippen molar-refractivity contribution in [3.63, 3.8) is 0 Å². The van der Waals surface area contributed by atoms with Gasteiger partial charge in [0.05, 0.1) is 17.9 Å². The highest BCUT2D eigenvalue weighted by atomic mass is 19.1. The average Bonchev–Trinajstić information content (AvgIpc) is 3.11. The van der Waals surface area contributed by atoms with Gasteiger partial charge in [0.15, 0.2) is 5.69 Å². The van der Waals surface area contributed by atoms with Crippen molar-refractivity contribution in [2.75, 3.05) is 11.2 Å². The summed E-state index contributed by atoms with van der Waals surface area (Å²) in [6, 6.07) is 8.74. The molecule has 1 aromatic heterocycles. The standard InChI is InChI=1S/C19H21FN6O2/c20-12-4-6-13(7-5-12)28-16-3-1-2-14(16)24-19(27)18-15(26-23-11-10-21)8-9-17(22)25-18/h4-11,14,16,21,26H,1-3H2,(H2,22,25)(H,24,27)/b21-10?,23-11-. The summed E-state index contributed by atoms with van der Waals surface area (Å²) in [7, 11) is 0. The van der Waals surface area contributed by atoms with Crippen molar-refractivity contribution in [3.8, 4) is 5.75 Å². The Balaban J connectivity index is 1.70. The first kappa shape index (κ1) is 19.3. The molecule has 2 aromatic rings. The van der Waals surface area contributed by atoms with Crippen molar-refractivity contribution >= 4 is 29.8 Å². The first-order valence-electron chi connectivity index (χ1n) is 8.84. The van der Waals surface area contributed by atoms with E-state index in [1.54, 1.807) is 24.3 Å². The summed E-state index contributed by atoms with van der Waals surface area (Å²) in [6.45, 7) is 0. The Bertz CT molecular complexity index is 871. The number of halogens is 1. The van der Waals surface area contributed by atoms with Crippen LogP contribution in [0.25, 0.3) is 0 Å². The quantitative estimate of drug-likeness (QED) is 0.431. The van der Waals surface area contributed by atoms with Crippen LogP contribution in [0, 0.1) is 11.2 Å². The molecule has 1 aliphatic carbocycles. The largest absolute Gasteiger partial charge is 0.488 e. The van der Waals surface area contributed by atoms with Crippen LogP contribution in [-0.4, -0.2) is 35.5 Å². The molecule has 9 heteroatoms. The summed E-state index contributed by atoms with van der Waals surface area (Å²) >= 11 is 0. The minimum atomic E-state index is -0.403. The maximum atomic E-state index is 13.1. The van der Waals surface area contributed by atoms with Gasteiger partial charge in [-0.1, -0.05) is 0 Å². The average molecular weight is 384 g/mol. The number of nitrogens with zero attached hydrogens (tertiary/aromatic N) is 2. The molecule has 0 bridgehead atoms. The SMILES string of the molecule is N=C/C=N\Nc1ccc(N)nc1C(=O)NC1CCCC1Oc1ccc(F)cc1. The van der Waals surface area contributed by atoms with Crippen LogP contribution in [0.5, 0.6) is 5.75 Å². The fourth-order valence-electron chi connectivity index (χ4n) is 3.04. The minimum Gasteiger partial charge on any atom is -0.488 e. The van der Waals surface area contributed by atoms with E-state index in [1.165, 1.54) is 18.3 Å². The number of nitrogens with one attached hydrogen (secondary N) is 3. The van der Waals surface area contributed by atoms with E-state index in [0.29, 0.717) is 11.4 Å². The molecule has 1 heterocycles. The van der Waals surface area contributed by atoms with Gasteiger partial charge in [-0.3, -0.25) is 10.2 Å². The molecule has 0 spiro atoms. The van der Waals surface area contributed by atoms with Gasteiger partial charge in [-0.25, -0.2) is 9.37 Å². The Kier molecular flexibility index (Phi) is 6.15. The molecule has 1 amide bonds. The van der Waals surface area contributed by atoms with Crippen molar-refractivity contribution < 1.29 is 13.9 Å². The molecule has 1 aromatic carbocycles. The number of rotatable bonds is 7. The number of nitrogens with two attached hydrogens (primary N) is 1. The zero-order chi connectivity index (χ0) is 19.9. The third-order valence-corrected chi connectivity index (χ3v) is 4.34. The highest BCUT2D eigenvalue weighted by molar-refractivity contribution is 6.14. The summed E-state index contributed by atoms with van der Waals surface area (Å²) < 4.78 is 19.0. The number of carbonyl (C=O) groups excluding carboxylic acids is 1. The molecular formula is C19H21FN6O2. The number of hydrazone groups is 1. The molecule has 1 fully saturated rings. The van der Waals surface area contributed by atoms with Crippen LogP contribution in [0.4, 0.5) is 15.9 Å². The molecule has 5 N–H and O–H groups in total. The lowest BCUT2D eigenvalue weighted by atomic mass is 10.2. The van der Waals surface area contributed by atoms with Gasteiger partial charge in [0, 0.05) is 6.21 Å². The molecule has 2 unspecified atom stereocenters. The van der Waals surface area contributed by atoms with E-state index in [9.17, 15) is 9.18 Å². The monoisotopic (exact) mass is 384 g/mol. The molecule has 146 valence electrons. The fraction of sp³-hybridized carbons (Fsp3) is 0.263. The van der Waals surface area contributed by atoms with Crippen molar-refractivity contribution in [1.82, 2.24) is 10.3 Å². The van der Waals surface area contributed by atoms with E-state index in [1.807, 2.05) is 0 Å². The van der Waals surface area contributed by atoms with Crippen molar-refractivity contribution in [2.45, 2.75) is 31.4 Å². The number of nitrogen functional groups attached to an aromatic ring is 1. The van der Waals surface area contributed by atoms with Gasteiger partial charge < -0.3 is 21.2 Å². The molecule has 0 saturated heterocycles. The lowest BCUT2D eigenvalue weighted by molar-refractivity contribution is 0.0890. The molecule has 0 radical (unpaired) electrons. The Hall–Kier alpha value is -3.49. The Morgan fingerprint density at radius 1 is 1.29 bits per heavy atom. The topological polar surface area (TPSA) is 125 Å².